The Bertz CT molecular complexity index is 535. The maximum atomic E-state index is 10.4. The Morgan fingerprint density at radius 3 is 3.06 bits per heavy atom. The van der Waals surface area contributed by atoms with Crippen LogP contribution >= 0.6 is 0 Å². The van der Waals surface area contributed by atoms with Crippen LogP contribution in [0.4, 0.5) is 0 Å². The summed E-state index contributed by atoms with van der Waals surface area (Å²) in [6, 6.07) is 10.2. The molecule has 3 rings (SSSR count). The third-order valence-corrected chi connectivity index (χ3v) is 3.70. The average molecular weight is 242 g/mol. The highest BCUT2D eigenvalue weighted by Crippen LogP contribution is 2.25. The van der Waals surface area contributed by atoms with Crippen LogP contribution in [-0.2, 0) is 0 Å². The van der Waals surface area contributed by atoms with E-state index in [2.05, 4.69) is 10.3 Å². The molecule has 1 fully saturated rings. The highest BCUT2D eigenvalue weighted by molar-refractivity contribution is 5.79. The van der Waals surface area contributed by atoms with Crippen LogP contribution in [0.5, 0.6) is 0 Å². The van der Waals surface area contributed by atoms with Crippen LogP contribution in [0.1, 0.15) is 30.9 Å². The topological polar surface area (TPSA) is 45.2 Å². The molecular formula is C15H18N2O. The van der Waals surface area contributed by atoms with Gasteiger partial charge in [-0.05, 0) is 43.1 Å². The maximum absolute atomic E-state index is 10.4. The molecule has 1 saturated heterocycles. The number of nitrogens with zero attached hydrogens (tertiary/aromatic N) is 1. The molecule has 1 aliphatic rings. The molecule has 1 aliphatic heterocycles. The van der Waals surface area contributed by atoms with Crippen molar-refractivity contribution in [3.8, 4) is 0 Å². The summed E-state index contributed by atoms with van der Waals surface area (Å²) in [6.07, 6.45) is 4.83. The van der Waals surface area contributed by atoms with E-state index in [0.29, 0.717) is 0 Å². The summed E-state index contributed by atoms with van der Waals surface area (Å²) in [6.45, 7) is 1.01. The number of aliphatic hydroxyl groups excluding tert-OH is 1. The first kappa shape index (κ1) is 11.6. The fourth-order valence-corrected chi connectivity index (χ4v) is 2.66. The summed E-state index contributed by atoms with van der Waals surface area (Å²) in [4.78, 5) is 4.30. The first-order valence-electron chi connectivity index (χ1n) is 6.61. The molecule has 2 heterocycles. The van der Waals surface area contributed by atoms with Crippen molar-refractivity contribution in [1.29, 1.82) is 0 Å². The van der Waals surface area contributed by atoms with Crippen LogP contribution in [0.25, 0.3) is 10.9 Å². The van der Waals surface area contributed by atoms with Crippen molar-refractivity contribution in [3.63, 3.8) is 0 Å². The van der Waals surface area contributed by atoms with E-state index in [4.69, 9.17) is 0 Å². The lowest BCUT2D eigenvalue weighted by Gasteiger charge is -2.28. The van der Waals surface area contributed by atoms with Crippen LogP contribution in [0, 0.1) is 0 Å². The SMILES string of the molecule is O[C@@H](c1ccc2ncccc2c1)[C@@H]1CCCCN1. The molecular weight excluding hydrogens is 224 g/mol. The molecule has 0 unspecified atom stereocenters. The van der Waals surface area contributed by atoms with Gasteiger partial charge in [-0.3, -0.25) is 4.98 Å². The fraction of sp³-hybridized carbons (Fsp3) is 0.400. The number of piperidine rings is 1. The van der Waals surface area contributed by atoms with Crippen LogP contribution < -0.4 is 5.32 Å². The van der Waals surface area contributed by atoms with Crippen molar-refractivity contribution in [2.45, 2.75) is 31.4 Å². The predicted molar refractivity (Wildman–Crippen MR) is 72.3 cm³/mol. The monoisotopic (exact) mass is 242 g/mol. The quantitative estimate of drug-likeness (QED) is 0.850. The Kier molecular flexibility index (Phi) is 3.26. The summed E-state index contributed by atoms with van der Waals surface area (Å²) in [7, 11) is 0. The molecule has 2 aromatic rings. The molecule has 0 amide bonds. The molecule has 3 nitrogen and oxygen atoms in total. The van der Waals surface area contributed by atoms with E-state index in [-0.39, 0.29) is 6.04 Å². The van der Waals surface area contributed by atoms with E-state index in [0.717, 1.165) is 29.4 Å². The standard InChI is InChI=1S/C15H18N2O/c18-15(14-5-1-2-8-17-14)12-6-7-13-11(10-12)4-3-9-16-13/h3-4,6-7,9-10,14-15,17-18H,1-2,5,8H2/t14-,15-/m0/s1. The third kappa shape index (κ3) is 2.24. The first-order chi connectivity index (χ1) is 8.84. The molecule has 0 bridgehead atoms. The number of benzene rings is 1. The predicted octanol–water partition coefficient (Wildman–Crippen LogP) is 2.41. The van der Waals surface area contributed by atoms with Gasteiger partial charge >= 0.3 is 0 Å². The van der Waals surface area contributed by atoms with E-state index < -0.39 is 6.10 Å². The minimum atomic E-state index is -0.421. The van der Waals surface area contributed by atoms with Gasteiger partial charge in [0.15, 0.2) is 0 Å². The summed E-state index contributed by atoms with van der Waals surface area (Å²) in [5.41, 5.74) is 1.96. The normalized spacial score (nSPS) is 21.9. The van der Waals surface area contributed by atoms with Gasteiger partial charge in [0, 0.05) is 17.6 Å². The zero-order valence-electron chi connectivity index (χ0n) is 10.3. The molecule has 2 N–H and O–H groups in total. The van der Waals surface area contributed by atoms with E-state index in [1.54, 1.807) is 6.20 Å². The van der Waals surface area contributed by atoms with Gasteiger partial charge in [-0.1, -0.05) is 18.6 Å². The second-order valence-electron chi connectivity index (χ2n) is 4.96. The van der Waals surface area contributed by atoms with Crippen molar-refractivity contribution >= 4 is 10.9 Å². The average Bonchev–Trinajstić information content (AvgIpc) is 2.47. The van der Waals surface area contributed by atoms with E-state index in [1.807, 2.05) is 30.3 Å². The molecule has 18 heavy (non-hydrogen) atoms. The number of nitrogens with one attached hydrogen (secondary N) is 1. The summed E-state index contributed by atoms with van der Waals surface area (Å²) >= 11 is 0. The number of aliphatic hydroxyl groups is 1. The van der Waals surface area contributed by atoms with E-state index >= 15 is 0 Å². The van der Waals surface area contributed by atoms with Crippen molar-refractivity contribution < 1.29 is 5.11 Å². The highest BCUT2D eigenvalue weighted by Gasteiger charge is 2.22. The van der Waals surface area contributed by atoms with Crippen molar-refractivity contribution in [1.82, 2.24) is 10.3 Å². The summed E-state index contributed by atoms with van der Waals surface area (Å²) < 4.78 is 0. The lowest BCUT2D eigenvalue weighted by Crippen LogP contribution is -2.38. The van der Waals surface area contributed by atoms with Gasteiger partial charge in [0.25, 0.3) is 0 Å². The van der Waals surface area contributed by atoms with E-state index in [9.17, 15) is 5.11 Å². The largest absolute Gasteiger partial charge is 0.387 e. The Hall–Kier alpha value is -1.45. The lowest BCUT2D eigenvalue weighted by molar-refractivity contribution is 0.114. The zero-order chi connectivity index (χ0) is 12.4. The Labute approximate surface area is 107 Å². The Morgan fingerprint density at radius 2 is 2.22 bits per heavy atom. The minimum Gasteiger partial charge on any atom is -0.387 e. The number of hydrogen-bond donors (Lipinski definition) is 2. The summed E-state index contributed by atoms with van der Waals surface area (Å²) in [5, 5.41) is 14.9. The highest BCUT2D eigenvalue weighted by atomic mass is 16.3. The van der Waals surface area contributed by atoms with Gasteiger partial charge < -0.3 is 10.4 Å². The molecule has 1 aromatic heterocycles. The third-order valence-electron chi connectivity index (χ3n) is 3.70. The van der Waals surface area contributed by atoms with Gasteiger partial charge in [-0.2, -0.15) is 0 Å². The fourth-order valence-electron chi connectivity index (χ4n) is 2.66. The van der Waals surface area contributed by atoms with Crippen LogP contribution in [-0.4, -0.2) is 22.7 Å². The molecule has 2 atom stereocenters. The number of pyridine rings is 1. The second kappa shape index (κ2) is 5.04. The smallest absolute Gasteiger partial charge is 0.0943 e. The van der Waals surface area contributed by atoms with Gasteiger partial charge in [0.2, 0.25) is 0 Å². The summed E-state index contributed by atoms with van der Waals surface area (Å²) in [5.74, 6) is 0. The molecule has 0 aliphatic carbocycles. The zero-order valence-corrected chi connectivity index (χ0v) is 10.3. The van der Waals surface area contributed by atoms with E-state index in [1.165, 1.54) is 12.8 Å². The van der Waals surface area contributed by atoms with Gasteiger partial charge in [-0.25, -0.2) is 0 Å². The van der Waals surface area contributed by atoms with Crippen molar-refractivity contribution in [2.75, 3.05) is 6.54 Å². The minimum absolute atomic E-state index is 0.188. The Morgan fingerprint density at radius 1 is 1.28 bits per heavy atom. The van der Waals surface area contributed by atoms with Gasteiger partial charge in [0.05, 0.1) is 11.6 Å². The molecule has 0 saturated carbocycles. The number of fused-ring (bicyclic) bond motifs is 1. The van der Waals surface area contributed by atoms with Crippen molar-refractivity contribution in [3.05, 3.63) is 42.1 Å². The number of hydrogen-bond acceptors (Lipinski definition) is 3. The molecule has 0 spiro atoms. The van der Waals surface area contributed by atoms with Crippen LogP contribution in [0.2, 0.25) is 0 Å². The second-order valence-corrected chi connectivity index (χ2v) is 4.96. The number of rotatable bonds is 2. The van der Waals surface area contributed by atoms with Crippen LogP contribution in [0.3, 0.4) is 0 Å². The number of aromatic nitrogens is 1. The molecule has 0 radical (unpaired) electrons. The molecule has 94 valence electrons. The first-order valence-corrected chi connectivity index (χ1v) is 6.61. The van der Waals surface area contributed by atoms with Gasteiger partial charge in [-0.15, -0.1) is 0 Å². The van der Waals surface area contributed by atoms with Gasteiger partial charge in [0.1, 0.15) is 0 Å². The van der Waals surface area contributed by atoms with Crippen molar-refractivity contribution in [2.24, 2.45) is 0 Å². The molecule has 3 heteroatoms. The maximum Gasteiger partial charge on any atom is 0.0943 e. The van der Waals surface area contributed by atoms with Crippen LogP contribution in [0.15, 0.2) is 36.5 Å². The lowest BCUT2D eigenvalue weighted by atomic mass is 9.94. The Balaban J connectivity index is 1.88. The molecule has 1 aromatic carbocycles.